The molecular weight excluding hydrogens is 226 g/mol. The lowest BCUT2D eigenvalue weighted by molar-refractivity contribution is 0.0907. The highest BCUT2D eigenvalue weighted by molar-refractivity contribution is 5.99. The Morgan fingerprint density at radius 1 is 1.39 bits per heavy atom. The van der Waals surface area contributed by atoms with Gasteiger partial charge in [0.2, 0.25) is 0 Å². The van der Waals surface area contributed by atoms with Crippen molar-refractivity contribution in [2.24, 2.45) is 5.41 Å². The summed E-state index contributed by atoms with van der Waals surface area (Å²) in [5.74, 6) is -0.119. The summed E-state index contributed by atoms with van der Waals surface area (Å²) in [4.78, 5) is 16.4. The molecule has 0 aliphatic rings. The molecule has 0 aliphatic heterocycles. The molecule has 2 rings (SSSR count). The first-order valence-electron chi connectivity index (χ1n) is 6.12. The number of rotatable bonds is 2. The Morgan fingerprint density at radius 3 is 2.78 bits per heavy atom. The lowest BCUT2D eigenvalue weighted by Crippen LogP contribution is -2.41. The Morgan fingerprint density at radius 2 is 2.11 bits per heavy atom. The van der Waals surface area contributed by atoms with Gasteiger partial charge < -0.3 is 9.72 Å². The SMILES string of the molecule is CC(NC(=O)c1ncn2ccccc12)C(C)(C)C. The number of carbonyl (C=O) groups excluding carboxylic acids is 1. The summed E-state index contributed by atoms with van der Waals surface area (Å²) in [5, 5.41) is 3.00. The van der Waals surface area contributed by atoms with Crippen molar-refractivity contribution in [2.75, 3.05) is 0 Å². The van der Waals surface area contributed by atoms with Crippen LogP contribution in [0.3, 0.4) is 0 Å². The zero-order valence-corrected chi connectivity index (χ0v) is 11.3. The standard InChI is InChI=1S/C14H19N3O/c1-10(14(2,3)4)16-13(18)12-11-7-5-6-8-17(11)9-15-12/h5-10H,1-4H3,(H,16,18). The third kappa shape index (κ3) is 2.37. The molecule has 2 aromatic rings. The van der Waals surface area contributed by atoms with Crippen molar-refractivity contribution in [1.82, 2.24) is 14.7 Å². The fourth-order valence-electron chi connectivity index (χ4n) is 1.60. The molecule has 1 N–H and O–H groups in total. The van der Waals surface area contributed by atoms with E-state index in [0.717, 1.165) is 5.52 Å². The summed E-state index contributed by atoms with van der Waals surface area (Å²) >= 11 is 0. The second-order valence-electron chi connectivity index (χ2n) is 5.65. The monoisotopic (exact) mass is 245 g/mol. The highest BCUT2D eigenvalue weighted by Crippen LogP contribution is 2.19. The minimum atomic E-state index is -0.119. The number of fused-ring (bicyclic) bond motifs is 1. The van der Waals surface area contributed by atoms with Gasteiger partial charge in [-0.2, -0.15) is 0 Å². The molecular formula is C14H19N3O. The molecule has 1 atom stereocenters. The smallest absolute Gasteiger partial charge is 0.272 e. The first-order valence-corrected chi connectivity index (χ1v) is 6.12. The maximum Gasteiger partial charge on any atom is 0.272 e. The lowest BCUT2D eigenvalue weighted by Gasteiger charge is -2.27. The van der Waals surface area contributed by atoms with Crippen LogP contribution in [0.2, 0.25) is 0 Å². The van der Waals surface area contributed by atoms with E-state index in [2.05, 4.69) is 31.1 Å². The number of nitrogens with one attached hydrogen (secondary N) is 1. The Kier molecular flexibility index (Phi) is 3.11. The van der Waals surface area contributed by atoms with Gasteiger partial charge >= 0.3 is 0 Å². The van der Waals surface area contributed by atoms with E-state index in [4.69, 9.17) is 0 Å². The van der Waals surface area contributed by atoms with Crippen LogP contribution in [0.25, 0.3) is 5.52 Å². The quantitative estimate of drug-likeness (QED) is 0.883. The number of hydrogen-bond acceptors (Lipinski definition) is 2. The van der Waals surface area contributed by atoms with Crippen LogP contribution in [0, 0.1) is 5.41 Å². The third-order valence-corrected chi connectivity index (χ3v) is 3.31. The van der Waals surface area contributed by atoms with Gasteiger partial charge in [0.05, 0.1) is 5.52 Å². The largest absolute Gasteiger partial charge is 0.348 e. The van der Waals surface area contributed by atoms with Crippen LogP contribution in [0.5, 0.6) is 0 Å². The topological polar surface area (TPSA) is 46.4 Å². The fraction of sp³-hybridized carbons (Fsp3) is 0.429. The number of amides is 1. The average Bonchev–Trinajstić information content (AvgIpc) is 2.71. The van der Waals surface area contributed by atoms with Gasteiger partial charge in [-0.15, -0.1) is 0 Å². The van der Waals surface area contributed by atoms with Gasteiger partial charge in [0.1, 0.15) is 6.33 Å². The molecule has 2 heterocycles. The summed E-state index contributed by atoms with van der Waals surface area (Å²) in [5.41, 5.74) is 1.34. The molecule has 0 aromatic carbocycles. The number of hydrogen-bond donors (Lipinski definition) is 1. The molecule has 96 valence electrons. The van der Waals surface area contributed by atoms with Crippen molar-refractivity contribution < 1.29 is 4.79 Å². The van der Waals surface area contributed by atoms with Crippen molar-refractivity contribution in [3.63, 3.8) is 0 Å². The van der Waals surface area contributed by atoms with Crippen LogP contribution in [-0.4, -0.2) is 21.3 Å². The second kappa shape index (κ2) is 4.44. The number of imidazole rings is 1. The van der Waals surface area contributed by atoms with E-state index in [1.54, 1.807) is 6.33 Å². The average molecular weight is 245 g/mol. The molecule has 0 radical (unpaired) electrons. The van der Waals surface area contributed by atoms with E-state index < -0.39 is 0 Å². The first-order chi connectivity index (χ1) is 8.39. The van der Waals surface area contributed by atoms with Crippen LogP contribution in [0.1, 0.15) is 38.2 Å². The maximum atomic E-state index is 12.2. The van der Waals surface area contributed by atoms with Crippen LogP contribution >= 0.6 is 0 Å². The number of nitrogens with zero attached hydrogens (tertiary/aromatic N) is 2. The van der Waals surface area contributed by atoms with E-state index in [-0.39, 0.29) is 17.4 Å². The molecule has 2 aromatic heterocycles. The first kappa shape index (κ1) is 12.6. The summed E-state index contributed by atoms with van der Waals surface area (Å²) in [7, 11) is 0. The number of aromatic nitrogens is 2. The van der Waals surface area contributed by atoms with Crippen LogP contribution < -0.4 is 5.32 Å². The van der Waals surface area contributed by atoms with Crippen molar-refractivity contribution in [3.8, 4) is 0 Å². The second-order valence-corrected chi connectivity index (χ2v) is 5.65. The third-order valence-electron chi connectivity index (χ3n) is 3.31. The molecule has 4 nitrogen and oxygen atoms in total. The Hall–Kier alpha value is -1.84. The van der Waals surface area contributed by atoms with E-state index in [1.165, 1.54) is 0 Å². The molecule has 0 saturated carbocycles. The molecule has 18 heavy (non-hydrogen) atoms. The Labute approximate surface area is 107 Å². The fourth-order valence-corrected chi connectivity index (χ4v) is 1.60. The van der Waals surface area contributed by atoms with Gasteiger partial charge in [-0.3, -0.25) is 4.79 Å². The van der Waals surface area contributed by atoms with E-state index in [9.17, 15) is 4.79 Å². The predicted molar refractivity (Wildman–Crippen MR) is 71.6 cm³/mol. The van der Waals surface area contributed by atoms with Crippen molar-refractivity contribution in [3.05, 3.63) is 36.4 Å². The Balaban J connectivity index is 2.24. The van der Waals surface area contributed by atoms with Crippen LogP contribution in [0.4, 0.5) is 0 Å². The molecule has 1 amide bonds. The van der Waals surface area contributed by atoms with Gasteiger partial charge in [0.25, 0.3) is 5.91 Å². The van der Waals surface area contributed by atoms with Gasteiger partial charge in [0, 0.05) is 12.2 Å². The van der Waals surface area contributed by atoms with E-state index >= 15 is 0 Å². The molecule has 0 spiro atoms. The van der Waals surface area contributed by atoms with E-state index in [1.807, 2.05) is 35.7 Å². The van der Waals surface area contributed by atoms with Crippen molar-refractivity contribution in [2.45, 2.75) is 33.7 Å². The molecule has 1 unspecified atom stereocenters. The van der Waals surface area contributed by atoms with Gasteiger partial charge in [0.15, 0.2) is 5.69 Å². The van der Waals surface area contributed by atoms with Gasteiger partial charge in [-0.05, 0) is 24.5 Å². The highest BCUT2D eigenvalue weighted by Gasteiger charge is 2.23. The van der Waals surface area contributed by atoms with Gasteiger partial charge in [-0.1, -0.05) is 26.8 Å². The zero-order chi connectivity index (χ0) is 13.3. The number of pyridine rings is 1. The zero-order valence-electron chi connectivity index (χ0n) is 11.3. The van der Waals surface area contributed by atoms with Crippen LogP contribution in [-0.2, 0) is 0 Å². The summed E-state index contributed by atoms with van der Waals surface area (Å²) in [6, 6.07) is 5.80. The summed E-state index contributed by atoms with van der Waals surface area (Å²) in [6.45, 7) is 8.31. The highest BCUT2D eigenvalue weighted by atomic mass is 16.2. The molecule has 0 bridgehead atoms. The minimum Gasteiger partial charge on any atom is -0.348 e. The van der Waals surface area contributed by atoms with E-state index in [0.29, 0.717) is 5.69 Å². The molecule has 0 saturated heterocycles. The minimum absolute atomic E-state index is 0.0329. The van der Waals surface area contributed by atoms with Crippen LogP contribution in [0.15, 0.2) is 30.7 Å². The number of carbonyl (C=O) groups is 1. The predicted octanol–water partition coefficient (Wildman–Crippen LogP) is 2.50. The maximum absolute atomic E-state index is 12.2. The summed E-state index contributed by atoms with van der Waals surface area (Å²) < 4.78 is 1.84. The van der Waals surface area contributed by atoms with Crippen molar-refractivity contribution in [1.29, 1.82) is 0 Å². The molecule has 0 aliphatic carbocycles. The normalized spacial score (nSPS) is 13.6. The van der Waals surface area contributed by atoms with Gasteiger partial charge in [-0.25, -0.2) is 4.98 Å². The Bertz CT molecular complexity index is 566. The van der Waals surface area contributed by atoms with Crippen molar-refractivity contribution >= 4 is 11.4 Å². The lowest BCUT2D eigenvalue weighted by atomic mass is 9.88. The molecule has 0 fully saturated rings. The molecule has 4 heteroatoms. The summed E-state index contributed by atoms with van der Waals surface area (Å²) in [6.07, 6.45) is 3.54.